The molecule has 0 N–H and O–H groups in total. The first kappa shape index (κ1) is 33.0. The third kappa shape index (κ3) is 5.11. The number of esters is 1. The second-order valence-corrected chi connectivity index (χ2v) is 6.57. The standard InChI is InChI=1S/C15H11F17O3/c1-6(5-34-2)7(33)35-4-3-8(16,17)9(18,19)10(20,21)11(22,23)12(24,25)13(26,27)14(28,29)15(30,31)32/h1,3-5H2,2H3. The zero-order valence-corrected chi connectivity index (χ0v) is 16.5. The van der Waals surface area contributed by atoms with Gasteiger partial charge in [0.05, 0.1) is 25.2 Å². The molecule has 0 fully saturated rings. The minimum absolute atomic E-state index is 0.651. The highest BCUT2D eigenvalue weighted by Crippen LogP contribution is 2.64. The van der Waals surface area contributed by atoms with E-state index in [4.69, 9.17) is 0 Å². The second-order valence-electron chi connectivity index (χ2n) is 6.57. The van der Waals surface area contributed by atoms with Crippen molar-refractivity contribution in [2.24, 2.45) is 0 Å². The van der Waals surface area contributed by atoms with Gasteiger partial charge in [-0.2, -0.15) is 74.6 Å². The molecular weight excluding hydrogens is 551 g/mol. The van der Waals surface area contributed by atoms with Gasteiger partial charge in [0.25, 0.3) is 0 Å². The second kappa shape index (κ2) is 9.45. The molecule has 20 heteroatoms. The van der Waals surface area contributed by atoms with Gasteiger partial charge in [-0.3, -0.25) is 0 Å². The van der Waals surface area contributed by atoms with E-state index in [9.17, 15) is 79.4 Å². The summed E-state index contributed by atoms with van der Waals surface area (Å²) in [5.74, 6) is -58.6. The smallest absolute Gasteiger partial charge is 0.460 e. The Morgan fingerprint density at radius 2 is 0.971 bits per heavy atom. The van der Waals surface area contributed by atoms with Gasteiger partial charge < -0.3 is 9.47 Å². The minimum atomic E-state index is -8.69. The normalized spacial score (nSPS) is 15.3. The van der Waals surface area contributed by atoms with Gasteiger partial charge in [0, 0.05) is 7.11 Å². The van der Waals surface area contributed by atoms with Crippen LogP contribution in [-0.2, 0) is 14.3 Å². The van der Waals surface area contributed by atoms with Gasteiger partial charge in [-0.1, -0.05) is 6.58 Å². The summed E-state index contributed by atoms with van der Waals surface area (Å²) in [5.41, 5.74) is -0.688. The molecule has 3 nitrogen and oxygen atoms in total. The molecule has 0 unspecified atom stereocenters. The molecule has 0 aromatic carbocycles. The van der Waals surface area contributed by atoms with Gasteiger partial charge in [0.2, 0.25) is 0 Å². The van der Waals surface area contributed by atoms with Crippen molar-refractivity contribution in [3.63, 3.8) is 0 Å². The SMILES string of the molecule is C=C(COC)C(=O)OCCC(F)(F)C(F)(F)C(F)(F)C(F)(F)C(F)(F)C(F)(F)C(F)(F)C(F)(F)F. The minimum Gasteiger partial charge on any atom is -0.462 e. The molecule has 0 heterocycles. The van der Waals surface area contributed by atoms with Crippen LogP contribution in [0.5, 0.6) is 0 Å². The summed E-state index contributed by atoms with van der Waals surface area (Å²) in [7, 11) is 0.958. The molecule has 0 aromatic rings. The average Bonchev–Trinajstić information content (AvgIpc) is 2.65. The molecule has 0 aliphatic heterocycles. The molecule has 0 atom stereocenters. The zero-order chi connectivity index (χ0) is 28.7. The van der Waals surface area contributed by atoms with Crippen molar-refractivity contribution in [3.8, 4) is 0 Å². The fraction of sp³-hybridized carbons (Fsp3) is 0.800. The topological polar surface area (TPSA) is 35.5 Å². The van der Waals surface area contributed by atoms with Crippen molar-refractivity contribution in [1.82, 2.24) is 0 Å². The van der Waals surface area contributed by atoms with Crippen LogP contribution in [0.25, 0.3) is 0 Å². The molecule has 0 amide bonds. The zero-order valence-electron chi connectivity index (χ0n) is 16.5. The fourth-order valence-electron chi connectivity index (χ4n) is 1.96. The molecule has 0 saturated heterocycles. The summed E-state index contributed by atoms with van der Waals surface area (Å²) >= 11 is 0. The molecule has 0 bridgehead atoms. The Hall–Kier alpha value is -2.02. The van der Waals surface area contributed by atoms with Crippen molar-refractivity contribution in [1.29, 1.82) is 0 Å². The predicted octanol–water partition coefficient (Wildman–Crippen LogP) is 6.13. The molecule has 0 aromatic heterocycles. The Bertz CT molecular complexity index is 784. The summed E-state index contributed by atoms with van der Waals surface area (Å²) in [6, 6.07) is 0. The summed E-state index contributed by atoms with van der Waals surface area (Å²) in [6.07, 6.45) is -10.7. The molecular formula is C15H11F17O3. The highest BCUT2D eigenvalue weighted by molar-refractivity contribution is 5.87. The first-order chi connectivity index (χ1) is 15.1. The first-order valence-corrected chi connectivity index (χ1v) is 8.17. The van der Waals surface area contributed by atoms with E-state index in [1.807, 2.05) is 0 Å². The number of hydrogen-bond donors (Lipinski definition) is 0. The number of methoxy groups -OCH3 is 1. The molecule has 0 saturated carbocycles. The van der Waals surface area contributed by atoms with Crippen LogP contribution in [0, 0.1) is 0 Å². The maximum absolute atomic E-state index is 13.6. The van der Waals surface area contributed by atoms with Crippen LogP contribution in [0.1, 0.15) is 6.42 Å². The van der Waals surface area contributed by atoms with Gasteiger partial charge in [-0.25, -0.2) is 4.79 Å². The average molecular weight is 562 g/mol. The van der Waals surface area contributed by atoms with E-state index in [0.29, 0.717) is 0 Å². The van der Waals surface area contributed by atoms with E-state index < -0.39 is 78.8 Å². The van der Waals surface area contributed by atoms with Gasteiger partial charge >= 0.3 is 53.6 Å². The Morgan fingerprint density at radius 1 is 0.629 bits per heavy atom. The highest BCUT2D eigenvalue weighted by atomic mass is 19.4. The number of alkyl halides is 17. The highest BCUT2D eigenvalue weighted by Gasteiger charge is 2.95. The van der Waals surface area contributed by atoms with Gasteiger partial charge in [0.15, 0.2) is 0 Å². The number of carbonyl (C=O) groups is 1. The number of halogens is 17. The molecule has 208 valence electrons. The summed E-state index contributed by atoms with van der Waals surface area (Å²) < 4.78 is 230. The lowest BCUT2D eigenvalue weighted by Gasteiger charge is -2.42. The van der Waals surface area contributed by atoms with Gasteiger partial charge in [-0.05, 0) is 0 Å². The van der Waals surface area contributed by atoms with Crippen molar-refractivity contribution in [2.75, 3.05) is 20.3 Å². The monoisotopic (exact) mass is 562 g/mol. The van der Waals surface area contributed by atoms with Gasteiger partial charge in [0.1, 0.15) is 0 Å². The molecule has 0 radical (unpaired) electrons. The van der Waals surface area contributed by atoms with E-state index in [0.717, 1.165) is 7.11 Å². The van der Waals surface area contributed by atoms with E-state index >= 15 is 0 Å². The largest absolute Gasteiger partial charge is 0.462 e. The van der Waals surface area contributed by atoms with Crippen LogP contribution < -0.4 is 0 Å². The van der Waals surface area contributed by atoms with Crippen molar-refractivity contribution in [2.45, 2.75) is 54.1 Å². The Kier molecular flexibility index (Phi) is 8.91. The van der Waals surface area contributed by atoms with Crippen LogP contribution >= 0.6 is 0 Å². The Morgan fingerprint density at radius 3 is 1.31 bits per heavy atom. The predicted molar refractivity (Wildman–Crippen MR) is 77.3 cm³/mol. The third-order valence-corrected chi connectivity index (χ3v) is 4.04. The summed E-state index contributed by atoms with van der Waals surface area (Å²) in [5, 5.41) is 0. The lowest BCUT2D eigenvalue weighted by atomic mass is 9.88. The van der Waals surface area contributed by atoms with Crippen molar-refractivity contribution in [3.05, 3.63) is 12.2 Å². The molecule has 0 rings (SSSR count). The van der Waals surface area contributed by atoms with E-state index in [2.05, 4.69) is 16.1 Å². The van der Waals surface area contributed by atoms with Crippen molar-refractivity contribution >= 4 is 5.97 Å². The van der Waals surface area contributed by atoms with Crippen LogP contribution in [-0.4, -0.2) is 73.9 Å². The third-order valence-electron chi connectivity index (χ3n) is 4.04. The maximum Gasteiger partial charge on any atom is 0.460 e. The quantitative estimate of drug-likeness (QED) is 0.163. The molecule has 35 heavy (non-hydrogen) atoms. The molecule has 0 aliphatic carbocycles. The Labute approximate surface area is 182 Å². The summed E-state index contributed by atoms with van der Waals surface area (Å²) in [4.78, 5) is 11.2. The van der Waals surface area contributed by atoms with E-state index in [1.54, 1.807) is 0 Å². The molecule has 0 aliphatic rings. The molecule has 0 spiro atoms. The van der Waals surface area contributed by atoms with Gasteiger partial charge in [-0.15, -0.1) is 0 Å². The van der Waals surface area contributed by atoms with Crippen LogP contribution in [0.15, 0.2) is 12.2 Å². The first-order valence-electron chi connectivity index (χ1n) is 8.17. The number of hydrogen-bond acceptors (Lipinski definition) is 3. The van der Waals surface area contributed by atoms with Crippen LogP contribution in [0.4, 0.5) is 74.6 Å². The Balaban J connectivity index is 6.21. The lowest BCUT2D eigenvalue weighted by Crippen LogP contribution is -2.74. The van der Waals surface area contributed by atoms with Crippen molar-refractivity contribution < 1.29 is 88.9 Å². The lowest BCUT2D eigenvalue weighted by molar-refractivity contribution is -0.461. The number of rotatable bonds is 12. The van der Waals surface area contributed by atoms with E-state index in [-0.39, 0.29) is 0 Å². The van der Waals surface area contributed by atoms with E-state index in [1.165, 1.54) is 0 Å². The number of carbonyl (C=O) groups excluding carboxylic acids is 1. The van der Waals surface area contributed by atoms with Crippen LogP contribution in [0.3, 0.4) is 0 Å². The fourth-order valence-corrected chi connectivity index (χ4v) is 1.96. The number of ether oxygens (including phenoxy) is 2. The van der Waals surface area contributed by atoms with Crippen LogP contribution in [0.2, 0.25) is 0 Å². The maximum atomic E-state index is 13.6. The summed E-state index contributed by atoms with van der Waals surface area (Å²) in [6.45, 7) is 0.228.